The summed E-state index contributed by atoms with van der Waals surface area (Å²) in [5.74, 6) is 0.545. The SMILES string of the molecule is N#Cc1sc2nc3c(cc2c1N)CC(c1ccccc1)CC3. The van der Waals surface area contributed by atoms with Crippen molar-refractivity contribution in [2.75, 3.05) is 5.73 Å². The lowest BCUT2D eigenvalue weighted by atomic mass is 9.82. The van der Waals surface area contributed by atoms with Crippen LogP contribution in [-0.4, -0.2) is 4.98 Å². The Morgan fingerprint density at radius 3 is 2.86 bits per heavy atom. The van der Waals surface area contributed by atoms with Gasteiger partial charge in [0.05, 0.1) is 5.69 Å². The summed E-state index contributed by atoms with van der Waals surface area (Å²) >= 11 is 1.40. The maximum atomic E-state index is 9.13. The second-order valence-electron chi connectivity index (χ2n) is 5.75. The minimum atomic E-state index is 0.545. The molecule has 1 atom stereocenters. The van der Waals surface area contributed by atoms with Gasteiger partial charge in [-0.15, -0.1) is 11.3 Å². The van der Waals surface area contributed by atoms with Crippen molar-refractivity contribution >= 4 is 27.2 Å². The van der Waals surface area contributed by atoms with E-state index in [4.69, 9.17) is 16.0 Å². The maximum absolute atomic E-state index is 9.13. The highest BCUT2D eigenvalue weighted by Crippen LogP contribution is 2.37. The van der Waals surface area contributed by atoms with Crippen molar-refractivity contribution in [2.24, 2.45) is 0 Å². The van der Waals surface area contributed by atoms with Crippen LogP contribution < -0.4 is 5.73 Å². The normalized spacial score (nSPS) is 17.1. The van der Waals surface area contributed by atoms with Crippen LogP contribution in [0.3, 0.4) is 0 Å². The number of hydrogen-bond donors (Lipinski definition) is 1. The van der Waals surface area contributed by atoms with Gasteiger partial charge in [0.1, 0.15) is 15.8 Å². The molecule has 1 aromatic carbocycles. The number of nitrogens with zero attached hydrogens (tertiary/aromatic N) is 2. The van der Waals surface area contributed by atoms with Crippen molar-refractivity contribution in [3.05, 3.63) is 58.1 Å². The molecular weight excluding hydrogens is 290 g/mol. The van der Waals surface area contributed by atoms with E-state index in [2.05, 4.69) is 42.5 Å². The van der Waals surface area contributed by atoms with Gasteiger partial charge in [-0.1, -0.05) is 30.3 Å². The molecule has 0 saturated carbocycles. The summed E-state index contributed by atoms with van der Waals surface area (Å²) in [5.41, 5.74) is 10.5. The minimum absolute atomic E-state index is 0.545. The van der Waals surface area contributed by atoms with Crippen molar-refractivity contribution < 1.29 is 0 Å². The first-order valence-corrected chi connectivity index (χ1v) is 8.23. The zero-order valence-corrected chi connectivity index (χ0v) is 12.9. The van der Waals surface area contributed by atoms with Crippen LogP contribution >= 0.6 is 11.3 Å². The molecule has 0 aliphatic heterocycles. The van der Waals surface area contributed by atoms with Gasteiger partial charge in [0.2, 0.25) is 0 Å². The Morgan fingerprint density at radius 1 is 1.27 bits per heavy atom. The van der Waals surface area contributed by atoms with E-state index in [0.717, 1.165) is 29.5 Å². The van der Waals surface area contributed by atoms with E-state index in [9.17, 15) is 0 Å². The quantitative estimate of drug-likeness (QED) is 0.738. The summed E-state index contributed by atoms with van der Waals surface area (Å²) in [7, 11) is 0. The van der Waals surface area contributed by atoms with Crippen molar-refractivity contribution in [1.29, 1.82) is 5.26 Å². The lowest BCUT2D eigenvalue weighted by Gasteiger charge is -2.24. The molecule has 4 heteroatoms. The maximum Gasteiger partial charge on any atom is 0.130 e. The highest BCUT2D eigenvalue weighted by atomic mass is 32.1. The number of rotatable bonds is 1. The number of nitrogen functional groups attached to an aromatic ring is 1. The largest absolute Gasteiger partial charge is 0.396 e. The van der Waals surface area contributed by atoms with Crippen LogP contribution in [0.5, 0.6) is 0 Å². The molecule has 1 aliphatic carbocycles. The standard InChI is InChI=1S/C18H15N3S/c19-10-16-17(20)14-9-13-8-12(11-4-2-1-3-5-11)6-7-15(13)21-18(14)22-16/h1-5,9,12H,6-8,20H2. The fraction of sp³-hybridized carbons (Fsp3) is 0.222. The molecule has 2 aromatic heterocycles. The first-order chi connectivity index (χ1) is 10.8. The average Bonchev–Trinajstić information content (AvgIpc) is 2.88. The molecule has 108 valence electrons. The van der Waals surface area contributed by atoms with Crippen LogP contribution in [0.4, 0.5) is 5.69 Å². The van der Waals surface area contributed by atoms with Gasteiger partial charge in [0.25, 0.3) is 0 Å². The molecular formula is C18H15N3S. The van der Waals surface area contributed by atoms with Crippen LogP contribution in [0.15, 0.2) is 36.4 Å². The summed E-state index contributed by atoms with van der Waals surface area (Å²) in [6.07, 6.45) is 3.12. The van der Waals surface area contributed by atoms with Crippen molar-refractivity contribution in [1.82, 2.24) is 4.98 Å². The fourth-order valence-corrected chi connectivity index (χ4v) is 4.18. The Bertz CT molecular complexity index is 890. The van der Waals surface area contributed by atoms with Gasteiger partial charge in [-0.25, -0.2) is 4.98 Å². The molecule has 0 spiro atoms. The monoisotopic (exact) mass is 305 g/mol. The summed E-state index contributed by atoms with van der Waals surface area (Å²) in [6.45, 7) is 0. The smallest absolute Gasteiger partial charge is 0.130 e. The number of hydrogen-bond acceptors (Lipinski definition) is 4. The zero-order chi connectivity index (χ0) is 15.1. The molecule has 0 fully saturated rings. The van der Waals surface area contributed by atoms with E-state index < -0.39 is 0 Å². The van der Waals surface area contributed by atoms with Crippen LogP contribution in [0.25, 0.3) is 10.2 Å². The van der Waals surface area contributed by atoms with E-state index in [0.29, 0.717) is 16.5 Å². The Kier molecular flexibility index (Phi) is 3.09. The third-order valence-corrected chi connectivity index (χ3v) is 5.48. The van der Waals surface area contributed by atoms with E-state index in [1.54, 1.807) is 0 Å². The van der Waals surface area contributed by atoms with E-state index in [1.807, 2.05) is 0 Å². The molecule has 1 unspecified atom stereocenters. The molecule has 2 N–H and O–H groups in total. The number of pyridine rings is 1. The van der Waals surface area contributed by atoms with Crippen LogP contribution in [0, 0.1) is 11.3 Å². The minimum Gasteiger partial charge on any atom is -0.396 e. The molecule has 4 rings (SSSR count). The third-order valence-electron chi connectivity index (χ3n) is 4.46. The molecule has 3 aromatic rings. The third kappa shape index (κ3) is 2.06. The van der Waals surface area contributed by atoms with Crippen molar-refractivity contribution in [2.45, 2.75) is 25.2 Å². The van der Waals surface area contributed by atoms with Gasteiger partial charge < -0.3 is 5.73 Å². The van der Waals surface area contributed by atoms with Crippen molar-refractivity contribution in [3.63, 3.8) is 0 Å². The number of fused-ring (bicyclic) bond motifs is 2. The molecule has 0 radical (unpaired) electrons. The van der Waals surface area contributed by atoms with Crippen LogP contribution in [-0.2, 0) is 12.8 Å². The van der Waals surface area contributed by atoms with Crippen LogP contribution in [0.2, 0.25) is 0 Å². The van der Waals surface area contributed by atoms with Crippen molar-refractivity contribution in [3.8, 4) is 6.07 Å². The second-order valence-corrected chi connectivity index (χ2v) is 6.75. The van der Waals surface area contributed by atoms with Gasteiger partial charge in [0.15, 0.2) is 0 Å². The second kappa shape index (κ2) is 5.11. The molecule has 0 bridgehead atoms. The number of anilines is 1. The number of aryl methyl sites for hydroxylation is 1. The highest BCUT2D eigenvalue weighted by molar-refractivity contribution is 7.19. The van der Waals surface area contributed by atoms with Gasteiger partial charge in [-0.05, 0) is 42.4 Å². The fourth-order valence-electron chi connectivity index (χ4n) is 3.28. The summed E-state index contributed by atoms with van der Waals surface area (Å²) in [5, 5.41) is 10.1. The van der Waals surface area contributed by atoms with Crippen LogP contribution in [0.1, 0.15) is 34.0 Å². The lowest BCUT2D eigenvalue weighted by molar-refractivity contribution is 0.576. The summed E-state index contributed by atoms with van der Waals surface area (Å²) in [6, 6.07) is 15.0. The Balaban J connectivity index is 1.77. The molecule has 1 aliphatic rings. The Hall–Kier alpha value is -2.38. The zero-order valence-electron chi connectivity index (χ0n) is 12.0. The molecule has 3 nitrogen and oxygen atoms in total. The van der Waals surface area contributed by atoms with Gasteiger partial charge >= 0.3 is 0 Å². The molecule has 2 heterocycles. The molecule has 0 saturated heterocycles. The number of nitrogens with two attached hydrogens (primary N) is 1. The predicted octanol–water partition coefficient (Wildman–Crippen LogP) is 4.02. The number of thiophene rings is 1. The number of aromatic nitrogens is 1. The first-order valence-electron chi connectivity index (χ1n) is 7.42. The molecule has 0 amide bonds. The number of benzene rings is 1. The summed E-state index contributed by atoms with van der Waals surface area (Å²) in [4.78, 5) is 6.23. The summed E-state index contributed by atoms with van der Waals surface area (Å²) < 4.78 is 0. The van der Waals surface area contributed by atoms with Gasteiger partial charge in [-0.3, -0.25) is 0 Å². The first kappa shape index (κ1) is 13.3. The molecule has 22 heavy (non-hydrogen) atoms. The number of nitriles is 1. The Morgan fingerprint density at radius 2 is 2.09 bits per heavy atom. The predicted molar refractivity (Wildman–Crippen MR) is 90.0 cm³/mol. The van der Waals surface area contributed by atoms with Gasteiger partial charge in [0, 0.05) is 11.1 Å². The topological polar surface area (TPSA) is 62.7 Å². The van der Waals surface area contributed by atoms with E-state index in [1.165, 1.54) is 28.2 Å². The average molecular weight is 305 g/mol. The Labute approximate surface area is 133 Å². The van der Waals surface area contributed by atoms with E-state index >= 15 is 0 Å². The van der Waals surface area contributed by atoms with E-state index in [-0.39, 0.29) is 0 Å². The highest BCUT2D eigenvalue weighted by Gasteiger charge is 2.23. The lowest BCUT2D eigenvalue weighted by Crippen LogP contribution is -2.14. The van der Waals surface area contributed by atoms with Gasteiger partial charge in [-0.2, -0.15) is 5.26 Å².